The molecule has 1 aliphatic heterocycles. The lowest BCUT2D eigenvalue weighted by Gasteiger charge is -2.09. The number of aromatic nitrogens is 1. The van der Waals surface area contributed by atoms with Gasteiger partial charge in [0, 0.05) is 23.5 Å². The Hall–Kier alpha value is -2.33. The number of fused-ring (bicyclic) bond motifs is 3. The highest BCUT2D eigenvalue weighted by Gasteiger charge is 2.18. The van der Waals surface area contributed by atoms with E-state index in [4.69, 9.17) is 0 Å². The highest BCUT2D eigenvalue weighted by atomic mass is 16.1. The van der Waals surface area contributed by atoms with Crippen molar-refractivity contribution in [2.24, 2.45) is 0 Å². The van der Waals surface area contributed by atoms with Crippen LogP contribution in [-0.4, -0.2) is 30.0 Å². The van der Waals surface area contributed by atoms with Crippen LogP contribution in [0.15, 0.2) is 42.5 Å². The van der Waals surface area contributed by atoms with Crippen LogP contribution in [0, 0.1) is 0 Å². The Morgan fingerprint density at radius 1 is 1.14 bits per heavy atom. The van der Waals surface area contributed by atoms with E-state index >= 15 is 0 Å². The Kier molecular flexibility index (Phi) is 2.89. The number of benzene rings is 2. The number of amides is 1. The summed E-state index contributed by atoms with van der Waals surface area (Å²) < 4.78 is 0. The number of hydrogen-bond donors (Lipinski definition) is 3. The van der Waals surface area contributed by atoms with Crippen molar-refractivity contribution in [3.05, 3.63) is 48.2 Å². The molecule has 1 saturated heterocycles. The zero-order chi connectivity index (χ0) is 14.2. The van der Waals surface area contributed by atoms with Gasteiger partial charge in [-0.15, -0.1) is 0 Å². The normalized spacial score (nSPS) is 18.4. The minimum atomic E-state index is -0.0241. The van der Waals surface area contributed by atoms with Crippen LogP contribution in [0.1, 0.15) is 16.9 Å². The first-order valence-corrected chi connectivity index (χ1v) is 7.33. The lowest BCUT2D eigenvalue weighted by Crippen LogP contribution is -2.36. The van der Waals surface area contributed by atoms with E-state index in [9.17, 15) is 4.79 Å². The number of hydrogen-bond acceptors (Lipinski definition) is 2. The van der Waals surface area contributed by atoms with Gasteiger partial charge >= 0.3 is 0 Å². The molecule has 4 rings (SSSR count). The Balaban J connectivity index is 1.72. The number of aromatic amines is 1. The molecule has 3 aromatic rings. The van der Waals surface area contributed by atoms with Crippen LogP contribution >= 0.6 is 0 Å². The van der Waals surface area contributed by atoms with Crippen LogP contribution in [0.4, 0.5) is 0 Å². The van der Waals surface area contributed by atoms with Gasteiger partial charge in [-0.2, -0.15) is 0 Å². The first-order chi connectivity index (χ1) is 10.3. The quantitative estimate of drug-likeness (QED) is 0.674. The van der Waals surface area contributed by atoms with Crippen molar-refractivity contribution in [2.45, 2.75) is 12.5 Å². The zero-order valence-electron chi connectivity index (χ0n) is 11.6. The van der Waals surface area contributed by atoms with Crippen molar-refractivity contribution >= 4 is 27.6 Å². The monoisotopic (exact) mass is 279 g/mol. The van der Waals surface area contributed by atoms with Gasteiger partial charge in [-0.3, -0.25) is 4.79 Å². The van der Waals surface area contributed by atoms with Gasteiger partial charge < -0.3 is 15.6 Å². The minimum Gasteiger partial charge on any atom is -0.351 e. The van der Waals surface area contributed by atoms with Crippen LogP contribution < -0.4 is 10.6 Å². The van der Waals surface area contributed by atoms with Crippen LogP contribution in [0.25, 0.3) is 21.7 Å². The van der Waals surface area contributed by atoms with Crippen LogP contribution in [0.5, 0.6) is 0 Å². The van der Waals surface area contributed by atoms with E-state index in [1.807, 2.05) is 24.3 Å². The molecule has 0 bridgehead atoms. The third-order valence-electron chi connectivity index (χ3n) is 4.17. The van der Waals surface area contributed by atoms with Crippen molar-refractivity contribution in [2.75, 3.05) is 13.1 Å². The second-order valence-corrected chi connectivity index (χ2v) is 5.59. The molecule has 4 heteroatoms. The van der Waals surface area contributed by atoms with E-state index in [2.05, 4.69) is 33.8 Å². The summed E-state index contributed by atoms with van der Waals surface area (Å²) in [6.45, 7) is 1.83. The van der Waals surface area contributed by atoms with E-state index in [-0.39, 0.29) is 11.9 Å². The minimum absolute atomic E-state index is 0.0241. The Morgan fingerprint density at radius 2 is 2.05 bits per heavy atom. The van der Waals surface area contributed by atoms with Crippen molar-refractivity contribution in [3.63, 3.8) is 0 Å². The molecule has 1 amide bonds. The first kappa shape index (κ1) is 12.4. The van der Waals surface area contributed by atoms with Gasteiger partial charge in [-0.1, -0.05) is 30.3 Å². The number of nitrogens with one attached hydrogen (secondary N) is 3. The predicted octanol–water partition coefficient (Wildman–Crippen LogP) is 2.41. The van der Waals surface area contributed by atoms with Gasteiger partial charge in [0.2, 0.25) is 0 Å². The third kappa shape index (κ3) is 2.17. The fraction of sp³-hybridized carbons (Fsp3) is 0.235. The van der Waals surface area contributed by atoms with Gasteiger partial charge in [0.15, 0.2) is 0 Å². The molecule has 1 aliphatic rings. The fourth-order valence-corrected chi connectivity index (χ4v) is 3.05. The summed E-state index contributed by atoms with van der Waals surface area (Å²) in [5, 5.41) is 9.79. The largest absolute Gasteiger partial charge is 0.351 e. The molecule has 1 atom stereocenters. The maximum Gasteiger partial charge on any atom is 0.267 e. The summed E-state index contributed by atoms with van der Waals surface area (Å²) in [5.74, 6) is -0.0241. The van der Waals surface area contributed by atoms with Crippen LogP contribution in [0.3, 0.4) is 0 Å². The first-order valence-electron chi connectivity index (χ1n) is 7.33. The molecule has 1 aromatic heterocycles. The second kappa shape index (κ2) is 4.90. The summed E-state index contributed by atoms with van der Waals surface area (Å²) >= 11 is 0. The van der Waals surface area contributed by atoms with Gasteiger partial charge in [0.25, 0.3) is 5.91 Å². The Bertz CT molecular complexity index is 815. The van der Waals surface area contributed by atoms with E-state index < -0.39 is 0 Å². The summed E-state index contributed by atoms with van der Waals surface area (Å²) in [4.78, 5) is 15.6. The van der Waals surface area contributed by atoms with Crippen molar-refractivity contribution < 1.29 is 4.79 Å². The van der Waals surface area contributed by atoms with E-state index in [0.717, 1.165) is 30.4 Å². The molecule has 1 fully saturated rings. The molecule has 0 unspecified atom stereocenters. The Labute approximate surface area is 122 Å². The van der Waals surface area contributed by atoms with Crippen molar-refractivity contribution in [1.82, 2.24) is 15.6 Å². The highest BCUT2D eigenvalue weighted by Crippen LogP contribution is 2.25. The molecule has 21 heavy (non-hydrogen) atoms. The molecular weight excluding hydrogens is 262 g/mol. The fourth-order valence-electron chi connectivity index (χ4n) is 3.05. The summed E-state index contributed by atoms with van der Waals surface area (Å²) in [7, 11) is 0. The predicted molar refractivity (Wildman–Crippen MR) is 84.5 cm³/mol. The van der Waals surface area contributed by atoms with E-state index in [0.29, 0.717) is 5.69 Å². The summed E-state index contributed by atoms with van der Waals surface area (Å²) in [6, 6.07) is 14.5. The van der Waals surface area contributed by atoms with Crippen LogP contribution in [-0.2, 0) is 0 Å². The second-order valence-electron chi connectivity index (χ2n) is 5.59. The summed E-state index contributed by atoms with van der Waals surface area (Å²) in [6.07, 6.45) is 0.995. The SMILES string of the molecule is O=C(N[C@H]1CCNC1)c1cc2c(ccc3ccccc32)[nH]1. The topological polar surface area (TPSA) is 56.9 Å². The van der Waals surface area contributed by atoms with Crippen molar-refractivity contribution in [3.8, 4) is 0 Å². The number of carbonyl (C=O) groups excluding carboxylic acids is 1. The molecule has 3 N–H and O–H groups in total. The van der Waals surface area contributed by atoms with E-state index in [1.54, 1.807) is 0 Å². The summed E-state index contributed by atoms with van der Waals surface area (Å²) in [5.41, 5.74) is 1.64. The van der Waals surface area contributed by atoms with Gasteiger partial charge in [-0.25, -0.2) is 0 Å². The maximum atomic E-state index is 12.3. The van der Waals surface area contributed by atoms with Crippen LogP contribution in [0.2, 0.25) is 0 Å². The molecule has 4 nitrogen and oxygen atoms in total. The lowest BCUT2D eigenvalue weighted by atomic mass is 10.1. The molecule has 0 saturated carbocycles. The average molecular weight is 279 g/mol. The highest BCUT2D eigenvalue weighted by molar-refractivity contribution is 6.09. The van der Waals surface area contributed by atoms with Gasteiger partial charge in [-0.05, 0) is 35.9 Å². The Morgan fingerprint density at radius 3 is 2.90 bits per heavy atom. The standard InChI is InChI=1S/C17H17N3O/c21-17(19-12-7-8-18-10-12)16-9-14-13-4-2-1-3-11(13)5-6-15(14)20-16/h1-6,9,12,18,20H,7-8,10H2,(H,19,21)/t12-/m0/s1. The smallest absolute Gasteiger partial charge is 0.267 e. The maximum absolute atomic E-state index is 12.3. The average Bonchev–Trinajstić information content (AvgIpc) is 3.15. The zero-order valence-corrected chi connectivity index (χ0v) is 11.6. The van der Waals surface area contributed by atoms with Gasteiger partial charge in [0.1, 0.15) is 5.69 Å². The molecule has 2 aromatic carbocycles. The molecule has 0 spiro atoms. The molecule has 2 heterocycles. The van der Waals surface area contributed by atoms with E-state index in [1.165, 1.54) is 10.8 Å². The number of rotatable bonds is 2. The molecule has 0 aliphatic carbocycles. The van der Waals surface area contributed by atoms with Gasteiger partial charge in [0.05, 0.1) is 0 Å². The lowest BCUT2D eigenvalue weighted by molar-refractivity contribution is 0.0936. The van der Waals surface area contributed by atoms with Crippen molar-refractivity contribution in [1.29, 1.82) is 0 Å². The number of H-pyrrole nitrogens is 1. The number of carbonyl (C=O) groups is 1. The molecular formula is C17H17N3O. The molecule has 0 radical (unpaired) electrons. The third-order valence-corrected chi connectivity index (χ3v) is 4.17. The molecule has 106 valence electrons.